The van der Waals surface area contributed by atoms with Crippen LogP contribution in [0.15, 0.2) is 47.5 Å². The number of rotatable bonds is 0. The molecule has 0 saturated carbocycles. The number of amidine groups is 1. The zero-order valence-electron chi connectivity index (χ0n) is 10.8. The number of thiophene rings is 1. The predicted molar refractivity (Wildman–Crippen MR) is 89.1 cm³/mol. The van der Waals surface area contributed by atoms with Gasteiger partial charge in [-0.3, -0.25) is 0 Å². The number of aliphatic imine (C=N–C) groups is 1. The van der Waals surface area contributed by atoms with E-state index in [0.717, 1.165) is 32.0 Å². The van der Waals surface area contributed by atoms with E-state index in [1.54, 1.807) is 6.07 Å². The lowest BCUT2D eigenvalue weighted by Gasteiger charge is -2.04. The van der Waals surface area contributed by atoms with Gasteiger partial charge < -0.3 is 11.1 Å². The summed E-state index contributed by atoms with van der Waals surface area (Å²) in [7, 11) is 0. The maximum absolute atomic E-state index is 13.3. The molecule has 0 aliphatic carbocycles. The Bertz CT molecular complexity index is 872. The number of hydrogen-bond donors (Lipinski definition) is 2. The molecule has 3 aromatic rings. The van der Waals surface area contributed by atoms with Crippen LogP contribution in [0.4, 0.5) is 20.8 Å². The molecular formula is C15H11ClFN3S. The normalized spacial score (nSPS) is 12.5. The van der Waals surface area contributed by atoms with Gasteiger partial charge in [0.2, 0.25) is 0 Å². The highest BCUT2D eigenvalue weighted by atomic mass is 35.5. The smallest absolute Gasteiger partial charge is 0.135 e. The van der Waals surface area contributed by atoms with Crippen molar-refractivity contribution in [2.24, 2.45) is 10.7 Å². The summed E-state index contributed by atoms with van der Waals surface area (Å²) in [5.41, 5.74) is 8.69. The fourth-order valence-corrected chi connectivity index (χ4v) is 3.55. The second kappa shape index (κ2) is 5.02. The topological polar surface area (TPSA) is 50.4 Å². The maximum atomic E-state index is 13.3. The third kappa shape index (κ3) is 2.14. The summed E-state index contributed by atoms with van der Waals surface area (Å²) in [6.07, 6.45) is 0. The van der Waals surface area contributed by atoms with Crippen LogP contribution in [-0.4, -0.2) is 5.84 Å². The van der Waals surface area contributed by atoms with Crippen LogP contribution in [0.25, 0.3) is 10.1 Å². The number of fused-ring (bicyclic) bond motifs is 4. The largest absolute Gasteiger partial charge is 0.383 e. The molecule has 2 aromatic carbocycles. The quantitative estimate of drug-likeness (QED) is 0.638. The van der Waals surface area contributed by atoms with Gasteiger partial charge in [0.15, 0.2) is 0 Å². The van der Waals surface area contributed by atoms with Gasteiger partial charge in [-0.1, -0.05) is 12.1 Å². The van der Waals surface area contributed by atoms with E-state index in [9.17, 15) is 4.39 Å². The lowest BCUT2D eigenvalue weighted by molar-refractivity contribution is 0.630. The molecule has 3 N–H and O–H groups in total. The number of halogens is 2. The first-order chi connectivity index (χ1) is 9.72. The number of anilines is 2. The van der Waals surface area contributed by atoms with Crippen molar-refractivity contribution in [3.05, 3.63) is 53.8 Å². The Labute approximate surface area is 130 Å². The van der Waals surface area contributed by atoms with Gasteiger partial charge in [-0.15, -0.1) is 23.7 Å². The average molecular weight is 320 g/mol. The van der Waals surface area contributed by atoms with Crippen molar-refractivity contribution < 1.29 is 4.39 Å². The molecule has 3 nitrogen and oxygen atoms in total. The molecule has 4 rings (SSSR count). The maximum Gasteiger partial charge on any atom is 0.135 e. The molecule has 0 radical (unpaired) electrons. The van der Waals surface area contributed by atoms with Gasteiger partial charge in [-0.2, -0.15) is 0 Å². The Kier molecular flexibility index (Phi) is 3.31. The minimum absolute atomic E-state index is 0. The van der Waals surface area contributed by atoms with Crippen molar-refractivity contribution >= 4 is 56.0 Å². The Balaban J connectivity index is 0.00000132. The van der Waals surface area contributed by atoms with Crippen LogP contribution in [0.5, 0.6) is 0 Å². The molecule has 106 valence electrons. The summed E-state index contributed by atoms with van der Waals surface area (Å²) < 4.78 is 14.2. The van der Waals surface area contributed by atoms with E-state index in [0.29, 0.717) is 5.84 Å². The van der Waals surface area contributed by atoms with Gasteiger partial charge in [0.25, 0.3) is 0 Å². The van der Waals surface area contributed by atoms with Crippen LogP contribution in [-0.2, 0) is 0 Å². The van der Waals surface area contributed by atoms with Crippen LogP contribution in [0.2, 0.25) is 0 Å². The molecule has 0 atom stereocenters. The molecule has 0 fully saturated rings. The molecule has 0 spiro atoms. The van der Waals surface area contributed by atoms with E-state index in [-0.39, 0.29) is 18.2 Å². The third-order valence-corrected chi connectivity index (χ3v) is 4.37. The number of nitrogens with two attached hydrogens (primary N) is 1. The van der Waals surface area contributed by atoms with Crippen LogP contribution in [0.3, 0.4) is 0 Å². The molecular weight excluding hydrogens is 309 g/mol. The summed E-state index contributed by atoms with van der Waals surface area (Å²) in [5, 5.41) is 5.17. The number of para-hydroxylation sites is 2. The van der Waals surface area contributed by atoms with Gasteiger partial charge in [0, 0.05) is 10.1 Å². The molecule has 0 bridgehead atoms. The Hall–Kier alpha value is -2.11. The lowest BCUT2D eigenvalue weighted by Crippen LogP contribution is -2.12. The van der Waals surface area contributed by atoms with Gasteiger partial charge in [-0.25, -0.2) is 9.38 Å². The minimum atomic E-state index is -0.246. The molecule has 1 aliphatic rings. The molecule has 0 unspecified atom stereocenters. The molecule has 0 amide bonds. The lowest BCUT2D eigenvalue weighted by atomic mass is 10.1. The zero-order valence-corrected chi connectivity index (χ0v) is 12.4. The highest BCUT2D eigenvalue weighted by Crippen LogP contribution is 2.41. The number of hydrogen-bond acceptors (Lipinski definition) is 4. The third-order valence-electron chi connectivity index (χ3n) is 3.30. The van der Waals surface area contributed by atoms with E-state index < -0.39 is 0 Å². The SMILES string of the molecule is Cl.NC1=Nc2ccccc2Nc2sc3cc(F)ccc3c21. The zero-order chi connectivity index (χ0) is 13.7. The summed E-state index contributed by atoms with van der Waals surface area (Å²) >= 11 is 1.48. The minimum Gasteiger partial charge on any atom is -0.383 e. The van der Waals surface area contributed by atoms with Gasteiger partial charge in [0.1, 0.15) is 16.7 Å². The van der Waals surface area contributed by atoms with Crippen molar-refractivity contribution in [2.75, 3.05) is 5.32 Å². The molecule has 1 aromatic heterocycles. The monoisotopic (exact) mass is 319 g/mol. The Morgan fingerprint density at radius 3 is 2.81 bits per heavy atom. The fraction of sp³-hybridized carbons (Fsp3) is 0. The van der Waals surface area contributed by atoms with E-state index in [1.165, 1.54) is 23.5 Å². The van der Waals surface area contributed by atoms with E-state index >= 15 is 0 Å². The van der Waals surface area contributed by atoms with Crippen molar-refractivity contribution in [3.63, 3.8) is 0 Å². The van der Waals surface area contributed by atoms with Crippen molar-refractivity contribution in [3.8, 4) is 0 Å². The summed E-state index contributed by atoms with van der Waals surface area (Å²) in [6, 6.07) is 12.4. The second-order valence-corrected chi connectivity index (χ2v) is 5.64. The average Bonchev–Trinajstić information content (AvgIpc) is 2.71. The molecule has 6 heteroatoms. The predicted octanol–water partition coefficient (Wildman–Crippen LogP) is 4.56. The van der Waals surface area contributed by atoms with E-state index in [2.05, 4.69) is 10.3 Å². The van der Waals surface area contributed by atoms with Gasteiger partial charge in [0.05, 0.1) is 16.9 Å². The summed E-state index contributed by atoms with van der Waals surface area (Å²) in [4.78, 5) is 4.47. The van der Waals surface area contributed by atoms with Crippen LogP contribution < -0.4 is 11.1 Å². The van der Waals surface area contributed by atoms with E-state index in [1.807, 2.05) is 24.3 Å². The van der Waals surface area contributed by atoms with Crippen LogP contribution >= 0.6 is 23.7 Å². The molecule has 0 saturated heterocycles. The summed E-state index contributed by atoms with van der Waals surface area (Å²) in [5.74, 6) is 0.208. The Morgan fingerprint density at radius 2 is 1.95 bits per heavy atom. The first kappa shape index (κ1) is 13.9. The number of benzene rings is 2. The van der Waals surface area contributed by atoms with Crippen molar-refractivity contribution in [2.45, 2.75) is 0 Å². The summed E-state index contributed by atoms with van der Waals surface area (Å²) in [6.45, 7) is 0. The molecule has 2 heterocycles. The molecule has 21 heavy (non-hydrogen) atoms. The number of nitrogens with one attached hydrogen (secondary N) is 1. The highest BCUT2D eigenvalue weighted by molar-refractivity contribution is 7.23. The van der Waals surface area contributed by atoms with Crippen molar-refractivity contribution in [1.82, 2.24) is 0 Å². The van der Waals surface area contributed by atoms with Gasteiger partial charge in [-0.05, 0) is 30.3 Å². The van der Waals surface area contributed by atoms with Gasteiger partial charge >= 0.3 is 0 Å². The standard InChI is InChI=1S/C15H10FN3S.ClH/c16-8-5-6-9-12(7-8)20-15-13(9)14(17)18-10-3-1-2-4-11(10)19-15;/h1-7,19H,(H2,17,18);1H. The molecule has 1 aliphatic heterocycles. The van der Waals surface area contributed by atoms with E-state index in [4.69, 9.17) is 5.73 Å². The Morgan fingerprint density at radius 1 is 1.14 bits per heavy atom. The fourth-order valence-electron chi connectivity index (χ4n) is 2.40. The van der Waals surface area contributed by atoms with Crippen LogP contribution in [0.1, 0.15) is 5.56 Å². The van der Waals surface area contributed by atoms with Crippen LogP contribution in [0, 0.1) is 5.82 Å². The first-order valence-electron chi connectivity index (χ1n) is 6.15. The highest BCUT2D eigenvalue weighted by Gasteiger charge is 2.20. The first-order valence-corrected chi connectivity index (χ1v) is 6.96. The van der Waals surface area contributed by atoms with Crippen molar-refractivity contribution in [1.29, 1.82) is 0 Å². The second-order valence-electron chi connectivity index (χ2n) is 4.59. The number of nitrogens with zero attached hydrogens (tertiary/aromatic N) is 1.